The summed E-state index contributed by atoms with van der Waals surface area (Å²) >= 11 is 5.64. The van der Waals surface area contributed by atoms with Gasteiger partial charge in [-0.15, -0.1) is 0 Å². The van der Waals surface area contributed by atoms with Crippen molar-refractivity contribution in [1.29, 1.82) is 0 Å². The Balaban J connectivity index is 3.27. The summed E-state index contributed by atoms with van der Waals surface area (Å²) in [7, 11) is 0. The van der Waals surface area contributed by atoms with Gasteiger partial charge in [0.25, 0.3) is 0 Å². The van der Waals surface area contributed by atoms with Crippen LogP contribution < -0.4 is 0 Å². The van der Waals surface area contributed by atoms with Gasteiger partial charge in [-0.25, -0.2) is 0 Å². The highest BCUT2D eigenvalue weighted by molar-refractivity contribution is 6.32. The minimum absolute atomic E-state index is 0.00882. The Morgan fingerprint density at radius 1 is 1.33 bits per heavy atom. The summed E-state index contributed by atoms with van der Waals surface area (Å²) in [6.07, 6.45) is -2.08. The summed E-state index contributed by atoms with van der Waals surface area (Å²) in [6.45, 7) is -0.331. The lowest BCUT2D eigenvalue weighted by atomic mass is 10.1. The van der Waals surface area contributed by atoms with Gasteiger partial charge in [0.05, 0.1) is 12.2 Å². The van der Waals surface area contributed by atoms with Crippen molar-refractivity contribution in [2.75, 3.05) is 6.61 Å². The van der Waals surface area contributed by atoms with E-state index in [0.29, 0.717) is 0 Å². The minimum atomic E-state index is -4.44. The van der Waals surface area contributed by atoms with Crippen molar-refractivity contribution in [2.45, 2.75) is 6.18 Å². The van der Waals surface area contributed by atoms with Gasteiger partial charge in [0.15, 0.2) is 0 Å². The number of benzene rings is 1. The summed E-state index contributed by atoms with van der Waals surface area (Å²) in [5.74, 6) is 0. The zero-order valence-electron chi connectivity index (χ0n) is 7.55. The Morgan fingerprint density at radius 2 is 2.00 bits per heavy atom. The predicted molar refractivity (Wildman–Crippen MR) is 52.6 cm³/mol. The molecule has 0 fully saturated rings. The van der Waals surface area contributed by atoms with E-state index in [0.717, 1.165) is 12.1 Å². The van der Waals surface area contributed by atoms with Crippen LogP contribution in [0.3, 0.4) is 0 Å². The molecule has 0 unspecified atom stereocenters. The second-order valence-electron chi connectivity index (χ2n) is 2.78. The summed E-state index contributed by atoms with van der Waals surface area (Å²) < 4.78 is 37.5. The van der Waals surface area contributed by atoms with Crippen LogP contribution in [0.5, 0.6) is 0 Å². The van der Waals surface area contributed by atoms with E-state index < -0.39 is 11.7 Å². The molecular formula is C10H8ClF3O. The van der Waals surface area contributed by atoms with Gasteiger partial charge in [0.1, 0.15) is 0 Å². The van der Waals surface area contributed by atoms with Gasteiger partial charge < -0.3 is 5.11 Å². The van der Waals surface area contributed by atoms with Gasteiger partial charge in [-0.1, -0.05) is 29.8 Å². The number of hydrogen-bond acceptors (Lipinski definition) is 1. The third-order valence-electron chi connectivity index (χ3n) is 1.75. The van der Waals surface area contributed by atoms with Gasteiger partial charge in [-0.3, -0.25) is 0 Å². The maximum atomic E-state index is 12.5. The van der Waals surface area contributed by atoms with Crippen LogP contribution >= 0.6 is 11.6 Å². The molecule has 1 aromatic carbocycles. The molecule has 0 aliphatic carbocycles. The lowest BCUT2D eigenvalue weighted by molar-refractivity contribution is -0.137. The molecule has 0 aliphatic rings. The maximum absolute atomic E-state index is 12.5. The normalized spacial score (nSPS) is 12.3. The SMILES string of the molecule is OC/C=C/c1c(Cl)cccc1C(F)(F)F. The fourth-order valence-electron chi connectivity index (χ4n) is 1.12. The fraction of sp³-hybridized carbons (Fsp3) is 0.200. The first-order valence-electron chi connectivity index (χ1n) is 4.10. The number of aliphatic hydroxyl groups excluding tert-OH is 1. The lowest BCUT2D eigenvalue weighted by Gasteiger charge is -2.11. The van der Waals surface area contributed by atoms with Crippen LogP contribution in [0.15, 0.2) is 24.3 Å². The van der Waals surface area contributed by atoms with Crippen LogP contribution in [-0.4, -0.2) is 11.7 Å². The van der Waals surface area contributed by atoms with E-state index in [4.69, 9.17) is 16.7 Å². The molecule has 0 atom stereocenters. The number of halogens is 4. The molecule has 1 aromatic rings. The van der Waals surface area contributed by atoms with E-state index >= 15 is 0 Å². The number of alkyl halides is 3. The molecule has 0 saturated heterocycles. The van der Waals surface area contributed by atoms with Crippen molar-refractivity contribution < 1.29 is 18.3 Å². The third-order valence-corrected chi connectivity index (χ3v) is 2.08. The molecule has 1 N–H and O–H groups in total. The average molecular weight is 237 g/mol. The molecule has 0 radical (unpaired) electrons. The highest BCUT2D eigenvalue weighted by Crippen LogP contribution is 2.35. The molecule has 1 rings (SSSR count). The van der Waals surface area contributed by atoms with E-state index in [9.17, 15) is 13.2 Å². The van der Waals surface area contributed by atoms with Crippen molar-refractivity contribution in [2.24, 2.45) is 0 Å². The van der Waals surface area contributed by atoms with Crippen LogP contribution in [0.25, 0.3) is 6.08 Å². The summed E-state index contributed by atoms with van der Waals surface area (Å²) in [6, 6.07) is 3.55. The first kappa shape index (κ1) is 12.1. The van der Waals surface area contributed by atoms with Gasteiger partial charge in [0.2, 0.25) is 0 Å². The van der Waals surface area contributed by atoms with E-state index in [2.05, 4.69) is 0 Å². The smallest absolute Gasteiger partial charge is 0.392 e. The Hall–Kier alpha value is -1.00. The Kier molecular flexibility index (Phi) is 3.77. The molecule has 0 spiro atoms. The van der Waals surface area contributed by atoms with Crippen LogP contribution in [-0.2, 0) is 6.18 Å². The Bertz CT molecular complexity index is 371. The van der Waals surface area contributed by atoms with Gasteiger partial charge in [-0.2, -0.15) is 13.2 Å². The largest absolute Gasteiger partial charge is 0.417 e. The monoisotopic (exact) mass is 236 g/mol. The van der Waals surface area contributed by atoms with E-state index in [1.165, 1.54) is 18.2 Å². The van der Waals surface area contributed by atoms with Crippen LogP contribution in [0, 0.1) is 0 Å². The number of hydrogen-bond donors (Lipinski definition) is 1. The second-order valence-corrected chi connectivity index (χ2v) is 3.19. The van der Waals surface area contributed by atoms with Gasteiger partial charge >= 0.3 is 6.18 Å². The van der Waals surface area contributed by atoms with E-state index in [-0.39, 0.29) is 17.2 Å². The predicted octanol–water partition coefficient (Wildman–Crippen LogP) is 3.36. The molecule has 0 bridgehead atoms. The molecule has 15 heavy (non-hydrogen) atoms. The summed E-state index contributed by atoms with van der Waals surface area (Å²) in [4.78, 5) is 0. The lowest BCUT2D eigenvalue weighted by Crippen LogP contribution is -2.07. The standard InChI is InChI=1S/C10H8ClF3O/c11-9-5-1-4-8(10(12,13)14)7(9)3-2-6-15/h1-5,15H,6H2/b3-2+. The van der Waals surface area contributed by atoms with Gasteiger partial charge in [0, 0.05) is 10.6 Å². The molecule has 0 aliphatic heterocycles. The second kappa shape index (κ2) is 4.68. The number of rotatable bonds is 2. The van der Waals surface area contributed by atoms with Crippen LogP contribution in [0.1, 0.15) is 11.1 Å². The number of aliphatic hydroxyl groups is 1. The molecule has 0 saturated carbocycles. The molecular weight excluding hydrogens is 229 g/mol. The van der Waals surface area contributed by atoms with E-state index in [1.54, 1.807) is 0 Å². The van der Waals surface area contributed by atoms with Crippen molar-refractivity contribution in [3.05, 3.63) is 40.4 Å². The Labute approximate surface area is 89.8 Å². The van der Waals surface area contributed by atoms with Crippen molar-refractivity contribution >= 4 is 17.7 Å². The van der Waals surface area contributed by atoms with Crippen molar-refractivity contribution in [3.8, 4) is 0 Å². The average Bonchev–Trinajstić information content (AvgIpc) is 2.14. The molecule has 82 valence electrons. The topological polar surface area (TPSA) is 20.2 Å². The van der Waals surface area contributed by atoms with Gasteiger partial charge in [-0.05, 0) is 12.1 Å². The van der Waals surface area contributed by atoms with Crippen LogP contribution in [0.2, 0.25) is 5.02 Å². The highest BCUT2D eigenvalue weighted by atomic mass is 35.5. The van der Waals surface area contributed by atoms with Crippen molar-refractivity contribution in [3.63, 3.8) is 0 Å². The molecule has 0 aromatic heterocycles. The fourth-order valence-corrected chi connectivity index (χ4v) is 1.36. The molecule has 1 nitrogen and oxygen atoms in total. The summed E-state index contributed by atoms with van der Waals surface area (Å²) in [5, 5.41) is 8.51. The zero-order chi connectivity index (χ0) is 11.5. The Morgan fingerprint density at radius 3 is 2.53 bits per heavy atom. The first-order chi connectivity index (χ1) is 6.96. The van der Waals surface area contributed by atoms with Crippen LogP contribution in [0.4, 0.5) is 13.2 Å². The first-order valence-corrected chi connectivity index (χ1v) is 4.47. The molecule has 0 amide bonds. The third kappa shape index (κ3) is 2.97. The zero-order valence-corrected chi connectivity index (χ0v) is 8.31. The molecule has 0 heterocycles. The molecule has 5 heteroatoms. The van der Waals surface area contributed by atoms with E-state index in [1.807, 2.05) is 0 Å². The van der Waals surface area contributed by atoms with Crippen molar-refractivity contribution in [1.82, 2.24) is 0 Å². The summed E-state index contributed by atoms with van der Waals surface area (Å²) in [5.41, 5.74) is -0.930. The maximum Gasteiger partial charge on any atom is 0.417 e. The quantitative estimate of drug-likeness (QED) is 0.835. The highest BCUT2D eigenvalue weighted by Gasteiger charge is 2.33. The minimum Gasteiger partial charge on any atom is -0.392 e.